The summed E-state index contributed by atoms with van der Waals surface area (Å²) < 4.78 is 6.35. The second-order valence-corrected chi connectivity index (χ2v) is 6.99. The molecule has 1 amide bonds. The van der Waals surface area contributed by atoms with Crippen LogP contribution in [0.4, 0.5) is 4.79 Å². The van der Waals surface area contributed by atoms with E-state index in [-0.39, 0.29) is 6.09 Å². The van der Waals surface area contributed by atoms with Crippen LogP contribution in [0, 0.1) is 5.92 Å². The standard InChI is InChI=1S/C15H20BrNO2/c1-15(2,3)19-14(18)17-9-10-6-11-4-5-13(16)8-12(11)7-10/h4-5,8,10H,6-7,9H2,1-3H3,(H,17,18). The van der Waals surface area contributed by atoms with Gasteiger partial charge in [0.05, 0.1) is 0 Å². The van der Waals surface area contributed by atoms with Crippen molar-refractivity contribution in [3.8, 4) is 0 Å². The molecule has 1 aromatic carbocycles. The second-order valence-electron chi connectivity index (χ2n) is 6.07. The number of alkyl carbamates (subject to hydrolysis) is 1. The number of carbonyl (C=O) groups is 1. The van der Waals surface area contributed by atoms with Gasteiger partial charge in [-0.15, -0.1) is 0 Å². The van der Waals surface area contributed by atoms with Crippen molar-refractivity contribution < 1.29 is 9.53 Å². The molecule has 1 aliphatic carbocycles. The largest absolute Gasteiger partial charge is 0.444 e. The van der Waals surface area contributed by atoms with Gasteiger partial charge in [-0.05, 0) is 62.8 Å². The molecule has 1 aromatic rings. The van der Waals surface area contributed by atoms with Crippen molar-refractivity contribution in [1.82, 2.24) is 5.32 Å². The Hall–Kier alpha value is -1.03. The minimum atomic E-state index is -0.437. The van der Waals surface area contributed by atoms with Crippen LogP contribution in [-0.2, 0) is 17.6 Å². The Morgan fingerprint density at radius 3 is 2.74 bits per heavy atom. The normalized spacial score (nSPS) is 18.0. The quantitative estimate of drug-likeness (QED) is 0.900. The Kier molecular flexibility index (Phi) is 4.19. The van der Waals surface area contributed by atoms with E-state index in [4.69, 9.17) is 4.74 Å². The monoisotopic (exact) mass is 325 g/mol. The van der Waals surface area contributed by atoms with Crippen molar-refractivity contribution in [2.75, 3.05) is 6.54 Å². The highest BCUT2D eigenvalue weighted by Crippen LogP contribution is 2.28. The van der Waals surface area contributed by atoms with Crippen LogP contribution in [0.25, 0.3) is 0 Å². The van der Waals surface area contributed by atoms with E-state index in [1.807, 2.05) is 20.8 Å². The Bertz CT molecular complexity index is 480. The topological polar surface area (TPSA) is 38.3 Å². The Morgan fingerprint density at radius 2 is 2.05 bits per heavy atom. The van der Waals surface area contributed by atoms with Crippen molar-refractivity contribution in [2.45, 2.75) is 39.2 Å². The second kappa shape index (κ2) is 5.53. The van der Waals surface area contributed by atoms with Gasteiger partial charge in [0.2, 0.25) is 0 Å². The highest BCUT2D eigenvalue weighted by Gasteiger charge is 2.23. The first-order valence-electron chi connectivity index (χ1n) is 6.57. The summed E-state index contributed by atoms with van der Waals surface area (Å²) in [5.41, 5.74) is 2.33. The number of halogens is 1. The molecular formula is C15H20BrNO2. The van der Waals surface area contributed by atoms with E-state index in [0.29, 0.717) is 12.5 Å². The van der Waals surface area contributed by atoms with E-state index in [0.717, 1.165) is 17.3 Å². The summed E-state index contributed by atoms with van der Waals surface area (Å²) in [5.74, 6) is 0.469. The molecule has 0 saturated carbocycles. The van der Waals surface area contributed by atoms with Gasteiger partial charge in [-0.25, -0.2) is 4.79 Å². The minimum absolute atomic E-state index is 0.329. The van der Waals surface area contributed by atoms with Gasteiger partial charge in [0.1, 0.15) is 5.60 Å². The van der Waals surface area contributed by atoms with Crippen molar-refractivity contribution in [1.29, 1.82) is 0 Å². The molecule has 0 aliphatic heterocycles. The maximum Gasteiger partial charge on any atom is 0.407 e. The van der Waals surface area contributed by atoms with E-state index in [1.165, 1.54) is 11.1 Å². The van der Waals surface area contributed by atoms with Crippen LogP contribution in [0.2, 0.25) is 0 Å². The molecule has 0 fully saturated rings. The molecule has 1 aliphatic rings. The summed E-state index contributed by atoms with van der Waals surface area (Å²) in [6.45, 7) is 6.28. The van der Waals surface area contributed by atoms with Gasteiger partial charge in [-0.3, -0.25) is 0 Å². The SMILES string of the molecule is CC(C)(C)OC(=O)NCC1Cc2ccc(Br)cc2C1. The molecule has 3 nitrogen and oxygen atoms in total. The Morgan fingerprint density at radius 1 is 1.37 bits per heavy atom. The van der Waals surface area contributed by atoms with Crippen LogP contribution in [0.3, 0.4) is 0 Å². The zero-order chi connectivity index (χ0) is 14.0. The third-order valence-corrected chi connectivity index (χ3v) is 3.61. The average molecular weight is 326 g/mol. The summed E-state index contributed by atoms with van der Waals surface area (Å²) in [6.07, 6.45) is 1.72. The van der Waals surface area contributed by atoms with E-state index >= 15 is 0 Å². The highest BCUT2D eigenvalue weighted by atomic mass is 79.9. The summed E-state index contributed by atoms with van der Waals surface area (Å²) in [7, 11) is 0. The van der Waals surface area contributed by atoms with Crippen LogP contribution < -0.4 is 5.32 Å². The first-order valence-corrected chi connectivity index (χ1v) is 7.37. The lowest BCUT2D eigenvalue weighted by Gasteiger charge is -2.20. The van der Waals surface area contributed by atoms with Crippen molar-refractivity contribution >= 4 is 22.0 Å². The van der Waals surface area contributed by atoms with Crippen LogP contribution in [-0.4, -0.2) is 18.2 Å². The third kappa shape index (κ3) is 4.23. The summed E-state index contributed by atoms with van der Waals surface area (Å²) >= 11 is 3.49. The molecule has 1 atom stereocenters. The number of carbonyl (C=O) groups excluding carboxylic acids is 1. The van der Waals surface area contributed by atoms with Gasteiger partial charge in [-0.1, -0.05) is 22.0 Å². The zero-order valence-electron chi connectivity index (χ0n) is 11.6. The van der Waals surface area contributed by atoms with Crippen molar-refractivity contribution in [3.63, 3.8) is 0 Å². The van der Waals surface area contributed by atoms with Crippen molar-refractivity contribution in [3.05, 3.63) is 33.8 Å². The minimum Gasteiger partial charge on any atom is -0.444 e. The molecule has 0 spiro atoms. The number of ether oxygens (including phenoxy) is 1. The average Bonchev–Trinajstić information content (AvgIpc) is 2.66. The lowest BCUT2D eigenvalue weighted by Crippen LogP contribution is -2.35. The summed E-state index contributed by atoms with van der Waals surface area (Å²) in [6, 6.07) is 6.40. The number of rotatable bonds is 2. The summed E-state index contributed by atoms with van der Waals surface area (Å²) in [5, 5.41) is 2.86. The lowest BCUT2D eigenvalue weighted by atomic mass is 10.1. The maximum atomic E-state index is 11.6. The molecule has 0 aromatic heterocycles. The van der Waals surface area contributed by atoms with Crippen LogP contribution in [0.15, 0.2) is 22.7 Å². The van der Waals surface area contributed by atoms with Gasteiger partial charge in [-0.2, -0.15) is 0 Å². The van der Waals surface area contributed by atoms with Crippen LogP contribution >= 0.6 is 15.9 Å². The van der Waals surface area contributed by atoms with Crippen LogP contribution in [0.1, 0.15) is 31.9 Å². The molecule has 1 N–H and O–H groups in total. The number of amides is 1. The van der Waals surface area contributed by atoms with Crippen LogP contribution in [0.5, 0.6) is 0 Å². The number of hydrogen-bond donors (Lipinski definition) is 1. The fourth-order valence-electron chi connectivity index (χ4n) is 2.36. The highest BCUT2D eigenvalue weighted by molar-refractivity contribution is 9.10. The first-order chi connectivity index (χ1) is 8.83. The fourth-order valence-corrected chi connectivity index (χ4v) is 2.77. The third-order valence-electron chi connectivity index (χ3n) is 3.12. The zero-order valence-corrected chi connectivity index (χ0v) is 13.2. The first kappa shape index (κ1) is 14.4. The smallest absolute Gasteiger partial charge is 0.407 e. The molecule has 0 heterocycles. The molecule has 2 rings (SSSR count). The van der Waals surface area contributed by atoms with Gasteiger partial charge < -0.3 is 10.1 Å². The summed E-state index contributed by atoms with van der Waals surface area (Å²) in [4.78, 5) is 11.6. The van der Waals surface area contributed by atoms with Gasteiger partial charge in [0.15, 0.2) is 0 Å². The number of benzene rings is 1. The van der Waals surface area contributed by atoms with Gasteiger partial charge in [0.25, 0.3) is 0 Å². The molecule has 4 heteroatoms. The molecular weight excluding hydrogens is 306 g/mol. The molecule has 19 heavy (non-hydrogen) atoms. The molecule has 0 radical (unpaired) electrons. The van der Waals surface area contributed by atoms with E-state index < -0.39 is 5.60 Å². The van der Waals surface area contributed by atoms with Gasteiger partial charge >= 0.3 is 6.09 Å². The van der Waals surface area contributed by atoms with E-state index in [9.17, 15) is 4.79 Å². The number of nitrogens with one attached hydrogen (secondary N) is 1. The molecule has 1 unspecified atom stereocenters. The molecule has 0 saturated heterocycles. The Labute approximate surface area is 122 Å². The fraction of sp³-hybridized carbons (Fsp3) is 0.533. The lowest BCUT2D eigenvalue weighted by molar-refractivity contribution is 0.0520. The predicted octanol–water partition coefficient (Wildman–Crippen LogP) is 3.69. The van der Waals surface area contributed by atoms with E-state index in [2.05, 4.69) is 39.4 Å². The predicted molar refractivity (Wildman–Crippen MR) is 79.3 cm³/mol. The number of hydrogen-bond acceptors (Lipinski definition) is 2. The number of fused-ring (bicyclic) bond motifs is 1. The molecule has 104 valence electrons. The van der Waals surface area contributed by atoms with Gasteiger partial charge in [0, 0.05) is 11.0 Å². The van der Waals surface area contributed by atoms with Crippen molar-refractivity contribution in [2.24, 2.45) is 5.92 Å². The molecule has 0 bridgehead atoms. The maximum absolute atomic E-state index is 11.6. The Balaban J connectivity index is 1.83. The van der Waals surface area contributed by atoms with E-state index in [1.54, 1.807) is 0 Å².